The molecule has 1 rings (SSSR count). The number of hydrogen-bond acceptors (Lipinski definition) is 2. The number of nitrogens with one attached hydrogen (secondary N) is 1. The Bertz CT molecular complexity index is 231. The maximum atomic E-state index is 11.8. The van der Waals surface area contributed by atoms with Crippen molar-refractivity contribution in [2.24, 2.45) is 5.41 Å². The zero-order chi connectivity index (χ0) is 11.5. The van der Waals surface area contributed by atoms with Gasteiger partial charge in [0, 0.05) is 19.0 Å². The molecule has 0 saturated heterocycles. The van der Waals surface area contributed by atoms with Crippen LogP contribution in [0.1, 0.15) is 33.1 Å². The molecule has 0 aromatic heterocycles. The Morgan fingerprint density at radius 3 is 2.67 bits per heavy atom. The fraction of sp³-hybridized carbons (Fsp3) is 0.909. The monoisotopic (exact) mass is 233 g/mol. The van der Waals surface area contributed by atoms with Gasteiger partial charge >= 0.3 is 0 Å². The van der Waals surface area contributed by atoms with Crippen LogP contribution in [0, 0.1) is 5.41 Å². The molecule has 0 aliphatic heterocycles. The summed E-state index contributed by atoms with van der Waals surface area (Å²) >= 11 is 5.74. The molecular weight excluding hydrogens is 214 g/mol. The molecule has 0 radical (unpaired) electrons. The molecule has 1 amide bonds. The van der Waals surface area contributed by atoms with E-state index in [1.165, 1.54) is 0 Å². The van der Waals surface area contributed by atoms with E-state index < -0.39 is 5.41 Å². The Balaban J connectivity index is 2.40. The van der Waals surface area contributed by atoms with Crippen molar-refractivity contribution in [2.45, 2.75) is 45.3 Å². The number of rotatable bonds is 4. The molecule has 88 valence electrons. The number of amides is 1. The Morgan fingerprint density at radius 2 is 2.20 bits per heavy atom. The summed E-state index contributed by atoms with van der Waals surface area (Å²) < 4.78 is 5.26. The van der Waals surface area contributed by atoms with Gasteiger partial charge in [-0.05, 0) is 33.1 Å². The number of ether oxygens (including phenoxy) is 1. The largest absolute Gasteiger partial charge is 0.381 e. The SMILES string of the molecule is COC1CCC(NC(=O)C(C)(C)CCl)C1. The first-order valence-electron chi connectivity index (χ1n) is 5.39. The zero-order valence-electron chi connectivity index (χ0n) is 9.68. The zero-order valence-corrected chi connectivity index (χ0v) is 10.4. The normalized spacial score (nSPS) is 26.7. The van der Waals surface area contributed by atoms with Crippen molar-refractivity contribution in [1.82, 2.24) is 5.32 Å². The van der Waals surface area contributed by atoms with Crippen molar-refractivity contribution in [2.75, 3.05) is 13.0 Å². The second kappa shape index (κ2) is 5.17. The highest BCUT2D eigenvalue weighted by atomic mass is 35.5. The molecule has 0 aromatic carbocycles. The van der Waals surface area contributed by atoms with Gasteiger partial charge in [0.05, 0.1) is 11.5 Å². The summed E-state index contributed by atoms with van der Waals surface area (Å²) in [6, 6.07) is 0.255. The summed E-state index contributed by atoms with van der Waals surface area (Å²) in [5.41, 5.74) is -0.479. The van der Waals surface area contributed by atoms with Crippen molar-refractivity contribution in [3.05, 3.63) is 0 Å². The van der Waals surface area contributed by atoms with Crippen LogP contribution < -0.4 is 5.32 Å². The van der Waals surface area contributed by atoms with Crippen LogP contribution in [0.3, 0.4) is 0 Å². The lowest BCUT2D eigenvalue weighted by Crippen LogP contribution is -2.43. The van der Waals surface area contributed by atoms with E-state index in [0.717, 1.165) is 19.3 Å². The molecule has 1 N–H and O–H groups in total. The van der Waals surface area contributed by atoms with Gasteiger partial charge in [-0.1, -0.05) is 0 Å². The average molecular weight is 234 g/mol. The van der Waals surface area contributed by atoms with Crippen LogP contribution in [0.25, 0.3) is 0 Å². The maximum Gasteiger partial charge on any atom is 0.227 e. The number of carbonyl (C=O) groups is 1. The van der Waals surface area contributed by atoms with Gasteiger partial charge in [-0.15, -0.1) is 11.6 Å². The molecule has 0 heterocycles. The van der Waals surface area contributed by atoms with Crippen LogP contribution in [0.15, 0.2) is 0 Å². The van der Waals surface area contributed by atoms with Crippen LogP contribution >= 0.6 is 11.6 Å². The van der Waals surface area contributed by atoms with Gasteiger partial charge in [-0.25, -0.2) is 0 Å². The predicted molar refractivity (Wildman–Crippen MR) is 61.1 cm³/mol. The lowest BCUT2D eigenvalue weighted by atomic mass is 9.95. The highest BCUT2D eigenvalue weighted by molar-refractivity contribution is 6.19. The number of halogens is 1. The van der Waals surface area contributed by atoms with E-state index in [1.54, 1.807) is 7.11 Å². The third kappa shape index (κ3) is 3.35. The van der Waals surface area contributed by atoms with E-state index in [-0.39, 0.29) is 11.9 Å². The van der Waals surface area contributed by atoms with E-state index in [4.69, 9.17) is 16.3 Å². The predicted octanol–water partition coefficient (Wildman–Crippen LogP) is 1.94. The lowest BCUT2D eigenvalue weighted by Gasteiger charge is -2.23. The van der Waals surface area contributed by atoms with Crippen molar-refractivity contribution >= 4 is 17.5 Å². The Labute approximate surface area is 96.5 Å². The fourth-order valence-corrected chi connectivity index (χ4v) is 1.85. The molecule has 4 heteroatoms. The molecule has 1 fully saturated rings. The molecule has 2 unspecified atom stereocenters. The van der Waals surface area contributed by atoms with Gasteiger partial charge in [0.1, 0.15) is 0 Å². The Hall–Kier alpha value is -0.280. The number of hydrogen-bond donors (Lipinski definition) is 1. The van der Waals surface area contributed by atoms with Crippen LogP contribution in [0.5, 0.6) is 0 Å². The molecule has 1 aliphatic carbocycles. The summed E-state index contributed by atoms with van der Waals surface area (Å²) in [6.07, 6.45) is 3.25. The first-order valence-corrected chi connectivity index (χ1v) is 5.93. The Kier molecular flexibility index (Phi) is 4.41. The van der Waals surface area contributed by atoms with Crippen molar-refractivity contribution in [1.29, 1.82) is 0 Å². The van der Waals surface area contributed by atoms with Crippen LogP contribution in [0.2, 0.25) is 0 Å². The van der Waals surface area contributed by atoms with Crippen molar-refractivity contribution in [3.63, 3.8) is 0 Å². The summed E-state index contributed by atoms with van der Waals surface area (Å²) in [5, 5.41) is 3.03. The third-order valence-corrected chi connectivity index (χ3v) is 3.67. The quantitative estimate of drug-likeness (QED) is 0.754. The smallest absolute Gasteiger partial charge is 0.227 e. The molecule has 0 spiro atoms. The van der Waals surface area contributed by atoms with Crippen LogP contribution in [-0.2, 0) is 9.53 Å². The fourth-order valence-electron chi connectivity index (χ4n) is 1.73. The highest BCUT2D eigenvalue weighted by Gasteiger charge is 2.31. The Morgan fingerprint density at radius 1 is 1.53 bits per heavy atom. The lowest BCUT2D eigenvalue weighted by molar-refractivity contribution is -0.129. The molecular formula is C11H20ClNO2. The van der Waals surface area contributed by atoms with Gasteiger partial charge in [0.25, 0.3) is 0 Å². The second-order valence-corrected chi connectivity index (χ2v) is 5.13. The van der Waals surface area contributed by atoms with E-state index in [1.807, 2.05) is 13.8 Å². The van der Waals surface area contributed by atoms with Gasteiger partial charge in [-0.2, -0.15) is 0 Å². The van der Waals surface area contributed by atoms with E-state index >= 15 is 0 Å². The van der Waals surface area contributed by atoms with Gasteiger partial charge in [-0.3, -0.25) is 4.79 Å². The minimum absolute atomic E-state index is 0.0410. The number of carbonyl (C=O) groups excluding carboxylic acids is 1. The van der Waals surface area contributed by atoms with Crippen molar-refractivity contribution in [3.8, 4) is 0 Å². The van der Waals surface area contributed by atoms with E-state index in [9.17, 15) is 4.79 Å². The third-order valence-electron chi connectivity index (χ3n) is 3.00. The summed E-state index contributed by atoms with van der Waals surface area (Å²) in [4.78, 5) is 11.8. The minimum Gasteiger partial charge on any atom is -0.381 e. The molecule has 0 bridgehead atoms. The van der Waals surface area contributed by atoms with Gasteiger partial charge < -0.3 is 10.1 Å². The van der Waals surface area contributed by atoms with Gasteiger partial charge in [0.15, 0.2) is 0 Å². The summed E-state index contributed by atoms with van der Waals surface area (Å²) in [7, 11) is 1.72. The summed E-state index contributed by atoms with van der Waals surface area (Å²) in [6.45, 7) is 3.72. The molecule has 1 aliphatic rings. The average Bonchev–Trinajstić information content (AvgIpc) is 2.65. The topological polar surface area (TPSA) is 38.3 Å². The van der Waals surface area contributed by atoms with Crippen LogP contribution in [0.4, 0.5) is 0 Å². The first kappa shape index (κ1) is 12.8. The highest BCUT2D eigenvalue weighted by Crippen LogP contribution is 2.24. The maximum absolute atomic E-state index is 11.8. The first-order chi connectivity index (χ1) is 6.99. The minimum atomic E-state index is -0.479. The van der Waals surface area contributed by atoms with Crippen molar-refractivity contribution < 1.29 is 9.53 Å². The second-order valence-electron chi connectivity index (χ2n) is 4.86. The number of alkyl halides is 1. The standard InChI is InChI=1S/C11H20ClNO2/c1-11(2,7-12)10(14)13-8-4-5-9(6-8)15-3/h8-9H,4-7H2,1-3H3,(H,13,14). The number of methoxy groups -OCH3 is 1. The molecule has 2 atom stereocenters. The van der Waals surface area contributed by atoms with Gasteiger partial charge in [0.2, 0.25) is 5.91 Å². The molecule has 3 nitrogen and oxygen atoms in total. The molecule has 15 heavy (non-hydrogen) atoms. The van der Waals surface area contributed by atoms with E-state index in [0.29, 0.717) is 12.0 Å². The molecule has 0 aromatic rings. The van der Waals surface area contributed by atoms with E-state index in [2.05, 4.69) is 5.32 Å². The molecule has 1 saturated carbocycles. The summed E-state index contributed by atoms with van der Waals surface area (Å²) in [5.74, 6) is 0.387. The van der Waals surface area contributed by atoms with Crippen LogP contribution in [-0.4, -0.2) is 31.0 Å².